The number of anilines is 2. The molecule has 3 N–H and O–H groups in total. The van der Waals surface area contributed by atoms with E-state index in [4.69, 9.17) is 10.7 Å². The van der Waals surface area contributed by atoms with Gasteiger partial charge >= 0.3 is 0 Å². The van der Waals surface area contributed by atoms with Gasteiger partial charge in [0.15, 0.2) is 5.13 Å². The Bertz CT molecular complexity index is 1240. The monoisotopic (exact) mass is 419 g/mol. The van der Waals surface area contributed by atoms with Crippen molar-refractivity contribution in [3.63, 3.8) is 0 Å². The Labute approximate surface area is 179 Å². The molecule has 4 aromatic rings. The van der Waals surface area contributed by atoms with Gasteiger partial charge in [-0.2, -0.15) is 0 Å². The Morgan fingerprint density at radius 3 is 2.80 bits per heavy atom. The van der Waals surface area contributed by atoms with E-state index in [-0.39, 0.29) is 0 Å². The predicted octanol–water partition coefficient (Wildman–Crippen LogP) is 5.05. The fraction of sp³-hybridized carbons (Fsp3) is 0.261. The minimum absolute atomic E-state index is 0.421. The van der Waals surface area contributed by atoms with Crippen LogP contribution in [0, 0.1) is 12.8 Å². The SMILES string of the molecule is Cc1cc(CC(C)C)c(Nc2nc(-c3ccc4c(c3)ncn4C)cs2)cc1C(N)=O. The van der Waals surface area contributed by atoms with Gasteiger partial charge in [0.2, 0.25) is 5.91 Å². The number of nitrogens with zero attached hydrogens (tertiary/aromatic N) is 3. The first-order chi connectivity index (χ1) is 14.3. The molecule has 2 aromatic heterocycles. The maximum Gasteiger partial charge on any atom is 0.249 e. The van der Waals surface area contributed by atoms with E-state index in [0.717, 1.165) is 50.7 Å². The number of rotatable bonds is 6. The number of nitrogens with two attached hydrogens (primary N) is 1. The van der Waals surface area contributed by atoms with E-state index in [0.29, 0.717) is 11.5 Å². The topological polar surface area (TPSA) is 85.8 Å². The van der Waals surface area contributed by atoms with Crippen LogP contribution in [0.3, 0.4) is 0 Å². The van der Waals surface area contributed by atoms with E-state index >= 15 is 0 Å². The smallest absolute Gasteiger partial charge is 0.249 e. The number of benzene rings is 2. The molecule has 0 unspecified atom stereocenters. The molecule has 0 spiro atoms. The van der Waals surface area contributed by atoms with Crippen LogP contribution < -0.4 is 11.1 Å². The van der Waals surface area contributed by atoms with Crippen molar-refractivity contribution in [2.75, 3.05) is 5.32 Å². The number of carbonyl (C=O) groups excluding carboxylic acids is 1. The van der Waals surface area contributed by atoms with Gasteiger partial charge in [0.1, 0.15) is 0 Å². The number of primary amides is 1. The van der Waals surface area contributed by atoms with Gasteiger partial charge in [-0.1, -0.05) is 26.0 Å². The molecule has 0 aliphatic carbocycles. The minimum Gasteiger partial charge on any atom is -0.366 e. The van der Waals surface area contributed by atoms with E-state index in [2.05, 4.69) is 42.3 Å². The molecular formula is C23H25N5OS. The second-order valence-corrected chi connectivity index (χ2v) is 8.87. The molecule has 0 radical (unpaired) electrons. The molecule has 6 nitrogen and oxygen atoms in total. The number of hydrogen-bond acceptors (Lipinski definition) is 5. The van der Waals surface area contributed by atoms with Crippen LogP contribution >= 0.6 is 11.3 Å². The number of amides is 1. The number of aromatic nitrogens is 3. The molecule has 0 bridgehead atoms. The summed E-state index contributed by atoms with van der Waals surface area (Å²) in [5.74, 6) is 0.0662. The molecule has 4 rings (SSSR count). The van der Waals surface area contributed by atoms with Crippen molar-refractivity contribution in [1.82, 2.24) is 14.5 Å². The standard InChI is InChI=1S/C23H25N5OS/c1-13(2)7-16-8-14(3)17(22(24)29)10-18(16)26-23-27-20(11-30-23)15-5-6-21-19(9-15)25-12-28(21)4/h5-6,8-13H,7H2,1-4H3,(H2,24,29)(H,26,27). The second-order valence-electron chi connectivity index (χ2n) is 8.01. The Kier molecular flexibility index (Phi) is 5.30. The van der Waals surface area contributed by atoms with Gasteiger partial charge in [0, 0.05) is 29.2 Å². The van der Waals surface area contributed by atoms with E-state index in [1.165, 1.54) is 11.3 Å². The summed E-state index contributed by atoms with van der Waals surface area (Å²) in [7, 11) is 1.98. The summed E-state index contributed by atoms with van der Waals surface area (Å²) in [6, 6.07) is 10.1. The van der Waals surface area contributed by atoms with Crippen LogP contribution in [0.15, 0.2) is 42.0 Å². The van der Waals surface area contributed by atoms with Gasteiger partial charge in [-0.25, -0.2) is 9.97 Å². The molecule has 154 valence electrons. The molecule has 0 atom stereocenters. The van der Waals surface area contributed by atoms with Crippen LogP contribution in [0.4, 0.5) is 10.8 Å². The molecule has 30 heavy (non-hydrogen) atoms. The highest BCUT2D eigenvalue weighted by Gasteiger charge is 2.14. The number of hydrogen-bond donors (Lipinski definition) is 2. The van der Waals surface area contributed by atoms with Crippen LogP contribution in [0.25, 0.3) is 22.3 Å². The third-order valence-corrected chi connectivity index (χ3v) is 5.87. The third-order valence-electron chi connectivity index (χ3n) is 5.11. The van der Waals surface area contributed by atoms with Crippen molar-refractivity contribution in [3.8, 4) is 11.3 Å². The van der Waals surface area contributed by atoms with Gasteiger partial charge in [-0.3, -0.25) is 4.79 Å². The Balaban J connectivity index is 1.66. The van der Waals surface area contributed by atoms with Crippen LogP contribution in [-0.2, 0) is 13.5 Å². The van der Waals surface area contributed by atoms with Gasteiger partial charge in [0.25, 0.3) is 0 Å². The molecule has 7 heteroatoms. The summed E-state index contributed by atoms with van der Waals surface area (Å²) in [6.07, 6.45) is 2.71. The molecule has 0 saturated heterocycles. The van der Waals surface area contributed by atoms with Crippen molar-refractivity contribution in [2.24, 2.45) is 18.7 Å². The molecular weight excluding hydrogens is 394 g/mol. The zero-order valence-electron chi connectivity index (χ0n) is 17.6. The van der Waals surface area contributed by atoms with Crippen LogP contribution in [0.2, 0.25) is 0 Å². The fourth-order valence-corrected chi connectivity index (χ4v) is 4.36. The average molecular weight is 420 g/mol. The first-order valence-electron chi connectivity index (χ1n) is 9.89. The summed E-state index contributed by atoms with van der Waals surface area (Å²) in [6.45, 7) is 6.27. The number of thiazole rings is 1. The molecule has 0 saturated carbocycles. The first kappa shape index (κ1) is 20.1. The Morgan fingerprint density at radius 2 is 2.07 bits per heavy atom. The number of fused-ring (bicyclic) bond motifs is 1. The lowest BCUT2D eigenvalue weighted by molar-refractivity contribution is 0.0999. The third kappa shape index (κ3) is 3.93. The van der Waals surface area contributed by atoms with Crippen molar-refractivity contribution < 1.29 is 4.79 Å². The van der Waals surface area contributed by atoms with E-state index in [1.54, 1.807) is 0 Å². The maximum atomic E-state index is 11.8. The van der Waals surface area contributed by atoms with E-state index in [1.807, 2.05) is 42.4 Å². The van der Waals surface area contributed by atoms with Gasteiger partial charge in [-0.05, 0) is 48.6 Å². The number of carbonyl (C=O) groups is 1. The Morgan fingerprint density at radius 1 is 1.27 bits per heavy atom. The maximum absolute atomic E-state index is 11.8. The molecule has 2 heterocycles. The largest absolute Gasteiger partial charge is 0.366 e. The van der Waals surface area contributed by atoms with Gasteiger partial charge in [-0.15, -0.1) is 11.3 Å². The molecule has 1 amide bonds. The second kappa shape index (κ2) is 7.91. The highest BCUT2D eigenvalue weighted by Crippen LogP contribution is 2.31. The zero-order chi connectivity index (χ0) is 21.4. The molecule has 2 aromatic carbocycles. The summed E-state index contributed by atoms with van der Waals surface area (Å²) < 4.78 is 2.00. The van der Waals surface area contributed by atoms with Crippen molar-refractivity contribution >= 4 is 39.1 Å². The highest BCUT2D eigenvalue weighted by molar-refractivity contribution is 7.14. The quantitative estimate of drug-likeness (QED) is 0.458. The minimum atomic E-state index is -0.421. The highest BCUT2D eigenvalue weighted by atomic mass is 32.1. The van der Waals surface area contributed by atoms with E-state index in [9.17, 15) is 4.79 Å². The van der Waals surface area contributed by atoms with Gasteiger partial charge in [0.05, 0.1) is 23.1 Å². The average Bonchev–Trinajstić information content (AvgIpc) is 3.30. The van der Waals surface area contributed by atoms with Crippen LogP contribution in [0.5, 0.6) is 0 Å². The van der Waals surface area contributed by atoms with Gasteiger partial charge < -0.3 is 15.6 Å². The van der Waals surface area contributed by atoms with Crippen molar-refractivity contribution in [3.05, 3.63) is 58.7 Å². The summed E-state index contributed by atoms with van der Waals surface area (Å²) in [5, 5.41) is 6.21. The number of imidazole rings is 1. The predicted molar refractivity (Wildman–Crippen MR) is 123 cm³/mol. The molecule has 0 fully saturated rings. The number of nitrogens with one attached hydrogen (secondary N) is 1. The molecule has 0 aliphatic heterocycles. The Hall–Kier alpha value is -3.19. The fourth-order valence-electron chi connectivity index (χ4n) is 3.63. The van der Waals surface area contributed by atoms with Crippen LogP contribution in [0.1, 0.15) is 35.3 Å². The zero-order valence-corrected chi connectivity index (χ0v) is 18.4. The normalized spacial score (nSPS) is 11.4. The van der Waals surface area contributed by atoms with Crippen LogP contribution in [-0.4, -0.2) is 20.4 Å². The van der Waals surface area contributed by atoms with Crippen molar-refractivity contribution in [1.29, 1.82) is 0 Å². The lowest BCUT2D eigenvalue weighted by Crippen LogP contribution is -2.14. The number of aryl methyl sites for hydroxylation is 2. The summed E-state index contributed by atoms with van der Waals surface area (Å²) >= 11 is 1.53. The summed E-state index contributed by atoms with van der Waals surface area (Å²) in [4.78, 5) is 21.0. The lowest BCUT2D eigenvalue weighted by Gasteiger charge is -2.15. The molecule has 0 aliphatic rings. The van der Waals surface area contributed by atoms with Crippen molar-refractivity contribution in [2.45, 2.75) is 27.2 Å². The van der Waals surface area contributed by atoms with E-state index < -0.39 is 5.91 Å². The summed E-state index contributed by atoms with van der Waals surface area (Å²) in [5.41, 5.74) is 13.0. The lowest BCUT2D eigenvalue weighted by atomic mass is 9.96. The first-order valence-corrected chi connectivity index (χ1v) is 10.8.